The fraction of sp³-hybridized carbons (Fsp3) is 0.600. The Morgan fingerprint density at radius 1 is 1.42 bits per heavy atom. The van der Waals surface area contributed by atoms with E-state index in [-0.39, 0.29) is 5.54 Å². The standard InChI is InChI=1S/C15H22N4/c1-10-13-7-11(8-16-14(13)19(4)18-10)9-17-15(2,3)12-5-6-12/h7-8,12,17H,5-6,9H2,1-4H3. The van der Waals surface area contributed by atoms with Crippen molar-refractivity contribution in [2.45, 2.75) is 45.7 Å². The van der Waals surface area contributed by atoms with E-state index in [0.29, 0.717) is 0 Å². The quantitative estimate of drug-likeness (QED) is 0.916. The van der Waals surface area contributed by atoms with Gasteiger partial charge in [0.05, 0.1) is 5.69 Å². The zero-order valence-electron chi connectivity index (χ0n) is 12.2. The van der Waals surface area contributed by atoms with Crippen molar-refractivity contribution in [1.29, 1.82) is 0 Å². The van der Waals surface area contributed by atoms with E-state index >= 15 is 0 Å². The number of hydrogen-bond donors (Lipinski definition) is 1. The van der Waals surface area contributed by atoms with Gasteiger partial charge < -0.3 is 5.32 Å². The molecule has 0 bridgehead atoms. The molecule has 3 rings (SSSR count). The molecule has 0 atom stereocenters. The van der Waals surface area contributed by atoms with Gasteiger partial charge >= 0.3 is 0 Å². The van der Waals surface area contributed by atoms with Gasteiger partial charge in [-0.05, 0) is 51.2 Å². The van der Waals surface area contributed by atoms with Gasteiger partial charge in [0.1, 0.15) is 0 Å². The van der Waals surface area contributed by atoms with Gasteiger partial charge in [-0.2, -0.15) is 5.10 Å². The molecule has 0 aliphatic heterocycles. The smallest absolute Gasteiger partial charge is 0.157 e. The van der Waals surface area contributed by atoms with Crippen LogP contribution >= 0.6 is 0 Å². The van der Waals surface area contributed by atoms with Crippen molar-refractivity contribution >= 4 is 11.0 Å². The summed E-state index contributed by atoms with van der Waals surface area (Å²) in [5, 5.41) is 9.23. The lowest BCUT2D eigenvalue weighted by molar-refractivity contribution is 0.339. The molecule has 1 N–H and O–H groups in total. The van der Waals surface area contributed by atoms with E-state index in [9.17, 15) is 0 Å². The summed E-state index contributed by atoms with van der Waals surface area (Å²) in [7, 11) is 1.94. The molecule has 1 saturated carbocycles. The largest absolute Gasteiger partial charge is 0.307 e. The van der Waals surface area contributed by atoms with Gasteiger partial charge in [0, 0.05) is 30.7 Å². The molecular weight excluding hydrogens is 236 g/mol. The van der Waals surface area contributed by atoms with Crippen LogP contribution in [0, 0.1) is 12.8 Å². The lowest BCUT2D eigenvalue weighted by atomic mass is 9.98. The van der Waals surface area contributed by atoms with Crippen LogP contribution in [0.1, 0.15) is 37.9 Å². The number of fused-ring (bicyclic) bond motifs is 1. The second kappa shape index (κ2) is 4.30. The minimum Gasteiger partial charge on any atom is -0.307 e. The number of aryl methyl sites for hydroxylation is 2. The van der Waals surface area contributed by atoms with E-state index in [0.717, 1.165) is 29.2 Å². The molecule has 0 aromatic carbocycles. The number of rotatable bonds is 4. The maximum Gasteiger partial charge on any atom is 0.157 e. The molecule has 2 aromatic rings. The average Bonchev–Trinajstić information content (AvgIpc) is 3.17. The van der Waals surface area contributed by atoms with E-state index in [1.54, 1.807) is 0 Å². The zero-order valence-corrected chi connectivity index (χ0v) is 12.2. The highest BCUT2D eigenvalue weighted by atomic mass is 15.3. The number of aromatic nitrogens is 3. The minimum absolute atomic E-state index is 0.235. The molecule has 0 spiro atoms. The summed E-state index contributed by atoms with van der Waals surface area (Å²) in [4.78, 5) is 4.52. The zero-order chi connectivity index (χ0) is 13.6. The van der Waals surface area contributed by atoms with Gasteiger partial charge in [0.2, 0.25) is 0 Å². The van der Waals surface area contributed by atoms with Crippen molar-refractivity contribution in [2.75, 3.05) is 0 Å². The highest BCUT2D eigenvalue weighted by molar-refractivity contribution is 5.78. The Morgan fingerprint density at radius 2 is 2.16 bits per heavy atom. The topological polar surface area (TPSA) is 42.7 Å². The fourth-order valence-electron chi connectivity index (χ4n) is 2.73. The molecule has 102 valence electrons. The molecule has 0 unspecified atom stereocenters. The van der Waals surface area contributed by atoms with E-state index in [1.807, 2.05) is 24.9 Å². The first-order valence-electron chi connectivity index (χ1n) is 7.00. The van der Waals surface area contributed by atoms with Gasteiger partial charge in [-0.25, -0.2) is 4.98 Å². The van der Waals surface area contributed by atoms with Crippen molar-refractivity contribution < 1.29 is 0 Å². The third-order valence-electron chi connectivity index (χ3n) is 4.27. The van der Waals surface area contributed by atoms with Gasteiger partial charge in [0.25, 0.3) is 0 Å². The Balaban J connectivity index is 1.79. The van der Waals surface area contributed by atoms with Crippen molar-refractivity contribution in [3.8, 4) is 0 Å². The van der Waals surface area contributed by atoms with Crippen LogP contribution < -0.4 is 5.32 Å². The highest BCUT2D eigenvalue weighted by Gasteiger charge is 2.37. The molecule has 1 fully saturated rings. The fourth-order valence-corrected chi connectivity index (χ4v) is 2.73. The molecule has 2 heterocycles. The number of pyridine rings is 1. The molecule has 4 nitrogen and oxygen atoms in total. The van der Waals surface area contributed by atoms with Gasteiger partial charge in [-0.3, -0.25) is 4.68 Å². The molecule has 0 radical (unpaired) electrons. The lowest BCUT2D eigenvalue weighted by Gasteiger charge is -2.26. The van der Waals surface area contributed by atoms with Crippen LogP contribution in [-0.4, -0.2) is 20.3 Å². The third kappa shape index (κ3) is 2.37. The van der Waals surface area contributed by atoms with Crippen molar-refractivity contribution in [1.82, 2.24) is 20.1 Å². The maximum atomic E-state index is 4.52. The molecule has 0 saturated heterocycles. The van der Waals surface area contributed by atoms with Crippen LogP contribution in [0.3, 0.4) is 0 Å². The van der Waals surface area contributed by atoms with Gasteiger partial charge in [-0.1, -0.05) is 0 Å². The second-order valence-electron chi connectivity index (χ2n) is 6.27. The Morgan fingerprint density at radius 3 is 2.84 bits per heavy atom. The van der Waals surface area contributed by atoms with Crippen LogP contribution in [0.15, 0.2) is 12.3 Å². The lowest BCUT2D eigenvalue weighted by Crippen LogP contribution is -2.40. The maximum absolute atomic E-state index is 4.52. The molecule has 4 heteroatoms. The predicted octanol–water partition coefficient (Wildman–Crippen LogP) is 2.55. The van der Waals surface area contributed by atoms with Gasteiger partial charge in [-0.15, -0.1) is 0 Å². The highest BCUT2D eigenvalue weighted by Crippen LogP contribution is 2.39. The minimum atomic E-state index is 0.235. The van der Waals surface area contributed by atoms with E-state index < -0.39 is 0 Å². The normalized spacial score (nSPS) is 16.2. The molecule has 2 aromatic heterocycles. The number of hydrogen-bond acceptors (Lipinski definition) is 3. The monoisotopic (exact) mass is 258 g/mol. The summed E-state index contributed by atoms with van der Waals surface area (Å²) in [6.45, 7) is 7.51. The summed E-state index contributed by atoms with van der Waals surface area (Å²) >= 11 is 0. The van der Waals surface area contributed by atoms with Gasteiger partial charge in [0.15, 0.2) is 5.65 Å². The van der Waals surface area contributed by atoms with Crippen LogP contribution in [0.2, 0.25) is 0 Å². The molecule has 1 aliphatic carbocycles. The summed E-state index contributed by atoms with van der Waals surface area (Å²) in [6, 6.07) is 2.21. The third-order valence-corrected chi connectivity index (χ3v) is 4.27. The number of nitrogens with one attached hydrogen (secondary N) is 1. The Kier molecular flexibility index (Phi) is 2.86. The molecule has 1 aliphatic rings. The van der Waals surface area contributed by atoms with E-state index in [4.69, 9.17) is 0 Å². The molecule has 19 heavy (non-hydrogen) atoms. The summed E-state index contributed by atoms with van der Waals surface area (Å²) in [5.74, 6) is 0.837. The Hall–Kier alpha value is -1.42. The van der Waals surface area contributed by atoms with Crippen LogP contribution in [0.25, 0.3) is 11.0 Å². The molecular formula is C15H22N4. The van der Waals surface area contributed by atoms with Crippen molar-refractivity contribution in [3.63, 3.8) is 0 Å². The first kappa shape index (κ1) is 12.6. The van der Waals surface area contributed by atoms with E-state index in [2.05, 4.69) is 35.3 Å². The van der Waals surface area contributed by atoms with Crippen LogP contribution in [0.4, 0.5) is 0 Å². The first-order chi connectivity index (χ1) is 8.97. The average molecular weight is 258 g/mol. The first-order valence-corrected chi connectivity index (χ1v) is 7.00. The summed E-state index contributed by atoms with van der Waals surface area (Å²) in [6.07, 6.45) is 4.68. The molecule has 0 amide bonds. The number of nitrogens with zero attached hydrogens (tertiary/aromatic N) is 3. The van der Waals surface area contributed by atoms with Crippen molar-refractivity contribution in [3.05, 3.63) is 23.5 Å². The Labute approximate surface area is 114 Å². The van der Waals surface area contributed by atoms with E-state index in [1.165, 1.54) is 18.4 Å². The van der Waals surface area contributed by atoms with Crippen molar-refractivity contribution in [2.24, 2.45) is 13.0 Å². The second-order valence-corrected chi connectivity index (χ2v) is 6.27. The SMILES string of the molecule is Cc1nn(C)c2ncc(CNC(C)(C)C3CC3)cc12. The van der Waals surface area contributed by atoms with Crippen LogP contribution in [-0.2, 0) is 13.6 Å². The predicted molar refractivity (Wildman–Crippen MR) is 76.9 cm³/mol. The summed E-state index contributed by atoms with van der Waals surface area (Å²) in [5.41, 5.74) is 3.48. The van der Waals surface area contributed by atoms with Crippen LogP contribution in [0.5, 0.6) is 0 Å². The Bertz CT molecular complexity index is 608. The summed E-state index contributed by atoms with van der Waals surface area (Å²) < 4.78 is 1.84.